The fourth-order valence-corrected chi connectivity index (χ4v) is 3.32. The molecule has 0 saturated carbocycles. The normalized spacial score (nSPS) is 21.4. The predicted molar refractivity (Wildman–Crippen MR) is 80.0 cm³/mol. The van der Waals surface area contributed by atoms with Crippen LogP contribution in [0, 0.1) is 0 Å². The number of hydrogen-bond donors (Lipinski definition) is 1. The summed E-state index contributed by atoms with van der Waals surface area (Å²) in [5.41, 5.74) is 0. The third-order valence-electron chi connectivity index (χ3n) is 3.54. The second-order valence-corrected chi connectivity index (χ2v) is 6.50. The molecule has 0 amide bonds. The maximum atomic E-state index is 3.63. The van der Waals surface area contributed by atoms with Crippen molar-refractivity contribution in [1.29, 1.82) is 0 Å². The van der Waals surface area contributed by atoms with Gasteiger partial charge in [-0.3, -0.25) is 0 Å². The van der Waals surface area contributed by atoms with E-state index in [0.717, 1.165) is 6.04 Å². The van der Waals surface area contributed by atoms with Gasteiger partial charge in [0.2, 0.25) is 0 Å². The van der Waals surface area contributed by atoms with Crippen LogP contribution in [-0.2, 0) is 0 Å². The number of hydrogen-bond acceptors (Lipinski definition) is 3. The van der Waals surface area contributed by atoms with Crippen molar-refractivity contribution < 1.29 is 0 Å². The highest BCUT2D eigenvalue weighted by molar-refractivity contribution is 7.99. The fourth-order valence-electron chi connectivity index (χ4n) is 2.32. The van der Waals surface area contributed by atoms with E-state index in [9.17, 15) is 0 Å². The van der Waals surface area contributed by atoms with E-state index in [4.69, 9.17) is 0 Å². The lowest BCUT2D eigenvalue weighted by molar-refractivity contribution is 0.207. The molecule has 0 aliphatic carbocycles. The average molecular weight is 258 g/mol. The summed E-state index contributed by atoms with van der Waals surface area (Å²) < 4.78 is 0. The van der Waals surface area contributed by atoms with Crippen LogP contribution in [0.25, 0.3) is 0 Å². The molecule has 1 rings (SSSR count). The summed E-state index contributed by atoms with van der Waals surface area (Å²) in [5, 5.41) is 3.63. The quantitative estimate of drug-likeness (QED) is 0.674. The van der Waals surface area contributed by atoms with Gasteiger partial charge in [-0.1, -0.05) is 19.8 Å². The number of thioether (sulfide) groups is 1. The van der Waals surface area contributed by atoms with E-state index in [0.29, 0.717) is 6.04 Å². The number of nitrogens with zero attached hydrogens (tertiary/aromatic N) is 1. The summed E-state index contributed by atoms with van der Waals surface area (Å²) in [6.45, 7) is 10.7. The molecule has 1 heterocycles. The predicted octanol–water partition coefficient (Wildman–Crippen LogP) is 2.98. The van der Waals surface area contributed by atoms with Gasteiger partial charge in [-0.15, -0.1) is 0 Å². The zero-order valence-electron chi connectivity index (χ0n) is 11.9. The van der Waals surface area contributed by atoms with Crippen molar-refractivity contribution in [2.75, 3.05) is 31.1 Å². The Morgan fingerprint density at radius 2 is 2.12 bits per heavy atom. The summed E-state index contributed by atoms with van der Waals surface area (Å²) in [5.74, 6) is 2.60. The smallest absolute Gasteiger partial charge is 0.0170 e. The highest BCUT2D eigenvalue weighted by atomic mass is 32.2. The topological polar surface area (TPSA) is 15.3 Å². The zero-order chi connectivity index (χ0) is 12.5. The molecule has 2 nitrogen and oxygen atoms in total. The number of rotatable bonds is 8. The van der Waals surface area contributed by atoms with Gasteiger partial charge < -0.3 is 10.2 Å². The molecule has 1 N–H and O–H groups in total. The van der Waals surface area contributed by atoms with Crippen molar-refractivity contribution in [3.63, 3.8) is 0 Å². The molecule has 1 aliphatic rings. The van der Waals surface area contributed by atoms with Crippen LogP contribution in [0.4, 0.5) is 0 Å². The Balaban J connectivity index is 2.18. The molecule has 0 aromatic heterocycles. The van der Waals surface area contributed by atoms with E-state index in [1.807, 2.05) is 0 Å². The molecule has 0 spiro atoms. The molecular weight excluding hydrogens is 228 g/mol. The Kier molecular flexibility index (Phi) is 8.33. The number of unbranched alkanes of at least 4 members (excludes halogenated alkanes) is 2. The van der Waals surface area contributed by atoms with E-state index >= 15 is 0 Å². The van der Waals surface area contributed by atoms with E-state index in [1.165, 1.54) is 56.8 Å². The van der Waals surface area contributed by atoms with Crippen LogP contribution in [0.1, 0.15) is 46.5 Å². The summed E-state index contributed by atoms with van der Waals surface area (Å²) in [4.78, 5) is 2.65. The maximum absolute atomic E-state index is 3.63. The Hall–Kier alpha value is 0.270. The molecule has 1 fully saturated rings. The first-order valence-corrected chi connectivity index (χ1v) is 8.44. The van der Waals surface area contributed by atoms with E-state index in [2.05, 4.69) is 42.7 Å². The third kappa shape index (κ3) is 6.68. The second-order valence-electron chi connectivity index (χ2n) is 5.35. The van der Waals surface area contributed by atoms with Crippen LogP contribution < -0.4 is 5.32 Å². The Morgan fingerprint density at radius 1 is 1.29 bits per heavy atom. The van der Waals surface area contributed by atoms with E-state index < -0.39 is 0 Å². The van der Waals surface area contributed by atoms with Crippen molar-refractivity contribution in [1.82, 2.24) is 10.2 Å². The summed E-state index contributed by atoms with van der Waals surface area (Å²) >= 11 is 2.10. The van der Waals surface area contributed by atoms with Gasteiger partial charge in [0.1, 0.15) is 0 Å². The summed E-state index contributed by atoms with van der Waals surface area (Å²) in [6.07, 6.45) is 5.38. The van der Waals surface area contributed by atoms with Gasteiger partial charge in [-0.2, -0.15) is 11.8 Å². The largest absolute Gasteiger partial charge is 0.312 e. The molecule has 17 heavy (non-hydrogen) atoms. The molecule has 1 saturated heterocycles. The maximum Gasteiger partial charge on any atom is 0.0170 e. The number of nitrogens with one attached hydrogen (secondary N) is 1. The van der Waals surface area contributed by atoms with Gasteiger partial charge in [-0.25, -0.2) is 0 Å². The van der Waals surface area contributed by atoms with Crippen LogP contribution in [0.5, 0.6) is 0 Å². The van der Waals surface area contributed by atoms with Gasteiger partial charge >= 0.3 is 0 Å². The molecule has 0 radical (unpaired) electrons. The monoisotopic (exact) mass is 258 g/mol. The van der Waals surface area contributed by atoms with Crippen molar-refractivity contribution in [2.24, 2.45) is 0 Å². The Bertz CT molecular complexity index is 179. The highest BCUT2D eigenvalue weighted by Gasteiger charge is 2.15. The first-order chi connectivity index (χ1) is 8.24. The SMILES string of the molecule is CCCCCN(CCC1CSCCN1)C(C)C. The van der Waals surface area contributed by atoms with E-state index in [-0.39, 0.29) is 0 Å². The standard InChI is InChI=1S/C14H30N2S/c1-4-5-6-9-16(13(2)3)10-7-14-12-17-11-8-15-14/h13-15H,4-12H2,1-3H3. The van der Waals surface area contributed by atoms with Crippen molar-refractivity contribution in [3.05, 3.63) is 0 Å². The molecule has 1 atom stereocenters. The lowest BCUT2D eigenvalue weighted by atomic mass is 10.1. The molecule has 3 heteroatoms. The second kappa shape index (κ2) is 9.23. The summed E-state index contributed by atoms with van der Waals surface area (Å²) in [7, 11) is 0. The molecule has 1 unspecified atom stereocenters. The molecule has 0 aromatic rings. The lowest BCUT2D eigenvalue weighted by Crippen LogP contribution is -2.41. The van der Waals surface area contributed by atoms with Crippen LogP contribution in [0.3, 0.4) is 0 Å². The van der Waals surface area contributed by atoms with Gasteiger partial charge in [0, 0.05) is 30.1 Å². The minimum absolute atomic E-state index is 0.697. The molecule has 1 aliphatic heterocycles. The highest BCUT2D eigenvalue weighted by Crippen LogP contribution is 2.12. The van der Waals surface area contributed by atoms with Gasteiger partial charge in [0.15, 0.2) is 0 Å². The van der Waals surface area contributed by atoms with Crippen LogP contribution in [0.2, 0.25) is 0 Å². The lowest BCUT2D eigenvalue weighted by Gasteiger charge is -2.30. The molecule has 0 bridgehead atoms. The van der Waals surface area contributed by atoms with Crippen molar-refractivity contribution >= 4 is 11.8 Å². The minimum Gasteiger partial charge on any atom is -0.312 e. The van der Waals surface area contributed by atoms with E-state index in [1.54, 1.807) is 0 Å². The van der Waals surface area contributed by atoms with Gasteiger partial charge in [0.05, 0.1) is 0 Å². The van der Waals surface area contributed by atoms with Crippen LogP contribution in [-0.4, -0.2) is 48.1 Å². The summed E-state index contributed by atoms with van der Waals surface area (Å²) in [6, 6.07) is 1.45. The molecule has 102 valence electrons. The van der Waals surface area contributed by atoms with Crippen molar-refractivity contribution in [2.45, 2.75) is 58.5 Å². The van der Waals surface area contributed by atoms with Crippen LogP contribution >= 0.6 is 11.8 Å². The molecular formula is C14H30N2S. The van der Waals surface area contributed by atoms with Gasteiger partial charge in [-0.05, 0) is 39.8 Å². The average Bonchev–Trinajstić information content (AvgIpc) is 2.34. The first-order valence-electron chi connectivity index (χ1n) is 7.29. The fraction of sp³-hybridized carbons (Fsp3) is 1.00. The van der Waals surface area contributed by atoms with Crippen molar-refractivity contribution in [3.8, 4) is 0 Å². The van der Waals surface area contributed by atoms with Gasteiger partial charge in [0.25, 0.3) is 0 Å². The zero-order valence-corrected chi connectivity index (χ0v) is 12.7. The van der Waals surface area contributed by atoms with Crippen LogP contribution in [0.15, 0.2) is 0 Å². The Labute approximate surface area is 112 Å². The minimum atomic E-state index is 0.697. The molecule has 0 aromatic carbocycles. The first kappa shape index (κ1) is 15.3. The third-order valence-corrected chi connectivity index (χ3v) is 4.67. The Morgan fingerprint density at radius 3 is 2.71 bits per heavy atom.